The second-order valence-electron chi connectivity index (χ2n) is 6.71. The molecule has 0 aliphatic heterocycles. The standard InChI is InChI=1S/C16H25N3O6S/c1-16(2,3)18-26(23,24)11-6-7-13(25-5)12(10-11)17-15(22)19(4)9-8-14(20)21/h6-7,10,18H,8-9H2,1-5H3,(H,17,22)(H,20,21). The molecule has 3 N–H and O–H groups in total. The molecule has 1 aromatic rings. The number of aliphatic carboxylic acids is 1. The third-order valence-electron chi connectivity index (χ3n) is 3.17. The van der Waals surface area contributed by atoms with Crippen molar-refractivity contribution in [1.29, 1.82) is 0 Å². The minimum Gasteiger partial charge on any atom is -0.495 e. The van der Waals surface area contributed by atoms with E-state index in [9.17, 15) is 18.0 Å². The second kappa shape index (κ2) is 8.37. The van der Waals surface area contributed by atoms with Gasteiger partial charge in [0.15, 0.2) is 0 Å². The predicted octanol–water partition coefficient (Wildman–Crippen LogP) is 1.71. The summed E-state index contributed by atoms with van der Waals surface area (Å²) in [5, 5.41) is 11.2. The van der Waals surface area contributed by atoms with E-state index in [1.54, 1.807) is 20.8 Å². The van der Waals surface area contributed by atoms with Gasteiger partial charge in [0, 0.05) is 19.1 Å². The quantitative estimate of drug-likeness (QED) is 0.654. The molecule has 10 heteroatoms. The van der Waals surface area contributed by atoms with Gasteiger partial charge in [0.25, 0.3) is 0 Å². The first-order valence-corrected chi connectivity index (χ1v) is 9.30. The molecule has 0 saturated carbocycles. The van der Waals surface area contributed by atoms with E-state index in [0.717, 1.165) is 0 Å². The zero-order chi connectivity index (χ0) is 20.1. The normalized spacial score (nSPS) is 11.7. The number of rotatable bonds is 7. The maximum Gasteiger partial charge on any atom is 0.321 e. The summed E-state index contributed by atoms with van der Waals surface area (Å²) in [6, 6.07) is 3.51. The maximum atomic E-state index is 12.5. The number of carboxylic acids is 1. The molecule has 146 valence electrons. The van der Waals surface area contributed by atoms with Crippen LogP contribution < -0.4 is 14.8 Å². The van der Waals surface area contributed by atoms with E-state index in [4.69, 9.17) is 9.84 Å². The predicted molar refractivity (Wildman–Crippen MR) is 97.0 cm³/mol. The number of carbonyl (C=O) groups excluding carboxylic acids is 1. The summed E-state index contributed by atoms with van der Waals surface area (Å²) in [4.78, 5) is 23.9. The number of nitrogens with zero attached hydrogens (tertiary/aromatic N) is 1. The lowest BCUT2D eigenvalue weighted by molar-refractivity contribution is -0.137. The highest BCUT2D eigenvalue weighted by molar-refractivity contribution is 7.89. The lowest BCUT2D eigenvalue weighted by Crippen LogP contribution is -2.40. The van der Waals surface area contributed by atoms with Crippen LogP contribution in [0.2, 0.25) is 0 Å². The number of ether oxygens (including phenoxy) is 1. The van der Waals surface area contributed by atoms with Gasteiger partial charge in [-0.2, -0.15) is 0 Å². The largest absolute Gasteiger partial charge is 0.495 e. The van der Waals surface area contributed by atoms with Crippen LogP contribution in [0.1, 0.15) is 27.2 Å². The first-order chi connectivity index (χ1) is 11.9. The van der Waals surface area contributed by atoms with Crippen molar-refractivity contribution in [1.82, 2.24) is 9.62 Å². The molecule has 1 aromatic carbocycles. The number of nitrogens with one attached hydrogen (secondary N) is 2. The fraction of sp³-hybridized carbons (Fsp3) is 0.500. The number of anilines is 1. The zero-order valence-corrected chi connectivity index (χ0v) is 16.3. The van der Waals surface area contributed by atoms with Gasteiger partial charge in [0.05, 0.1) is 24.1 Å². The number of amides is 2. The average molecular weight is 387 g/mol. The van der Waals surface area contributed by atoms with E-state index < -0.39 is 27.6 Å². The van der Waals surface area contributed by atoms with Crippen LogP contribution >= 0.6 is 0 Å². The number of carbonyl (C=O) groups is 2. The molecule has 0 fully saturated rings. The molecule has 1 rings (SSSR count). The Bertz CT molecular complexity index is 771. The SMILES string of the molecule is COc1ccc(S(=O)(=O)NC(C)(C)C)cc1NC(=O)N(C)CCC(=O)O. The first-order valence-electron chi connectivity index (χ1n) is 7.81. The fourth-order valence-electron chi connectivity index (χ4n) is 1.99. The van der Waals surface area contributed by atoms with Gasteiger partial charge in [0.1, 0.15) is 5.75 Å². The van der Waals surface area contributed by atoms with E-state index in [2.05, 4.69) is 10.0 Å². The summed E-state index contributed by atoms with van der Waals surface area (Å²) < 4.78 is 32.6. The molecule has 0 bridgehead atoms. The van der Waals surface area contributed by atoms with Gasteiger partial charge in [0.2, 0.25) is 10.0 Å². The van der Waals surface area contributed by atoms with Gasteiger partial charge >= 0.3 is 12.0 Å². The highest BCUT2D eigenvalue weighted by Crippen LogP contribution is 2.28. The van der Waals surface area contributed by atoms with Crippen molar-refractivity contribution in [2.75, 3.05) is 26.0 Å². The van der Waals surface area contributed by atoms with Gasteiger partial charge in [-0.25, -0.2) is 17.9 Å². The summed E-state index contributed by atoms with van der Waals surface area (Å²) in [6.45, 7) is 5.16. The third kappa shape index (κ3) is 6.52. The smallest absolute Gasteiger partial charge is 0.321 e. The van der Waals surface area contributed by atoms with E-state index in [1.165, 1.54) is 37.3 Å². The Hall–Kier alpha value is -2.33. The summed E-state index contributed by atoms with van der Waals surface area (Å²) in [6.07, 6.45) is -0.203. The molecule has 0 atom stereocenters. The van der Waals surface area contributed by atoms with Gasteiger partial charge in [-0.1, -0.05) is 0 Å². The lowest BCUT2D eigenvalue weighted by Gasteiger charge is -2.21. The third-order valence-corrected chi connectivity index (χ3v) is 4.93. The number of hydrogen-bond donors (Lipinski definition) is 3. The minimum atomic E-state index is -3.79. The number of carboxylic acid groups (broad SMARTS) is 1. The average Bonchev–Trinajstić information content (AvgIpc) is 2.50. The molecule has 9 nitrogen and oxygen atoms in total. The van der Waals surface area contributed by atoms with Gasteiger partial charge in [-0.3, -0.25) is 4.79 Å². The Morgan fingerprint density at radius 2 is 1.88 bits per heavy atom. The molecule has 0 heterocycles. The second-order valence-corrected chi connectivity index (χ2v) is 8.40. The molecule has 0 aliphatic rings. The van der Waals surface area contributed by atoms with Crippen LogP contribution in [0.5, 0.6) is 5.75 Å². The van der Waals surface area contributed by atoms with Crippen molar-refractivity contribution in [2.24, 2.45) is 0 Å². The Labute approximate surface area is 153 Å². The number of methoxy groups -OCH3 is 1. The van der Waals surface area contributed by atoms with E-state index in [0.29, 0.717) is 0 Å². The number of benzene rings is 1. The van der Waals surface area contributed by atoms with Crippen molar-refractivity contribution in [3.8, 4) is 5.75 Å². The van der Waals surface area contributed by atoms with Gasteiger partial charge in [-0.15, -0.1) is 0 Å². The summed E-state index contributed by atoms with van der Waals surface area (Å²) in [5.74, 6) is -0.747. The van der Waals surface area contributed by atoms with E-state index >= 15 is 0 Å². The van der Waals surface area contributed by atoms with Crippen LogP contribution in [0.15, 0.2) is 23.1 Å². The van der Waals surface area contributed by atoms with Gasteiger partial charge in [-0.05, 0) is 39.0 Å². The Morgan fingerprint density at radius 1 is 1.27 bits per heavy atom. The topological polar surface area (TPSA) is 125 Å². The van der Waals surface area contributed by atoms with Crippen molar-refractivity contribution >= 4 is 27.7 Å². The minimum absolute atomic E-state index is 0.00700. The molecule has 0 unspecified atom stereocenters. The van der Waals surface area contributed by atoms with Crippen LogP contribution in [-0.2, 0) is 14.8 Å². The van der Waals surface area contributed by atoms with E-state index in [1.807, 2.05) is 0 Å². The van der Waals surface area contributed by atoms with E-state index in [-0.39, 0.29) is 29.3 Å². The summed E-state index contributed by atoms with van der Waals surface area (Å²) in [7, 11) is -0.965. The molecule has 0 aliphatic carbocycles. The summed E-state index contributed by atoms with van der Waals surface area (Å²) >= 11 is 0. The monoisotopic (exact) mass is 387 g/mol. The Balaban J connectivity index is 3.07. The highest BCUT2D eigenvalue weighted by atomic mass is 32.2. The number of sulfonamides is 1. The van der Waals surface area contributed by atoms with Crippen LogP contribution in [0.25, 0.3) is 0 Å². The van der Waals surface area contributed by atoms with Crippen molar-refractivity contribution in [2.45, 2.75) is 37.6 Å². The van der Waals surface area contributed by atoms with Gasteiger partial charge < -0.3 is 20.1 Å². The molecule has 0 radical (unpaired) electrons. The molecule has 0 aromatic heterocycles. The van der Waals surface area contributed by atoms with Crippen molar-refractivity contribution in [3.63, 3.8) is 0 Å². The Kier molecular flexibility index (Phi) is 6.99. The highest BCUT2D eigenvalue weighted by Gasteiger charge is 2.23. The summed E-state index contributed by atoms with van der Waals surface area (Å²) in [5.41, 5.74) is -0.504. The molecular weight excluding hydrogens is 362 g/mol. The fourth-order valence-corrected chi connectivity index (χ4v) is 3.43. The van der Waals surface area contributed by atoms with Crippen molar-refractivity contribution < 1.29 is 27.9 Å². The number of urea groups is 1. The molecular formula is C16H25N3O6S. The Morgan fingerprint density at radius 3 is 2.38 bits per heavy atom. The van der Waals surface area contributed by atoms with Crippen LogP contribution in [0, 0.1) is 0 Å². The molecule has 26 heavy (non-hydrogen) atoms. The lowest BCUT2D eigenvalue weighted by atomic mass is 10.1. The maximum absolute atomic E-state index is 12.5. The molecule has 2 amide bonds. The van der Waals surface area contributed by atoms with Crippen LogP contribution in [-0.4, -0.2) is 56.7 Å². The number of hydrogen-bond acceptors (Lipinski definition) is 5. The molecule has 0 spiro atoms. The van der Waals surface area contributed by atoms with Crippen LogP contribution in [0.3, 0.4) is 0 Å². The molecule has 0 saturated heterocycles. The zero-order valence-electron chi connectivity index (χ0n) is 15.5. The first kappa shape index (κ1) is 21.7. The van der Waals surface area contributed by atoms with Crippen LogP contribution in [0.4, 0.5) is 10.5 Å². The van der Waals surface area contributed by atoms with Crippen molar-refractivity contribution in [3.05, 3.63) is 18.2 Å².